The monoisotopic (exact) mass is 465 g/mol. The van der Waals surface area contributed by atoms with Gasteiger partial charge < -0.3 is 10.1 Å². The molecule has 1 aromatic heterocycles. The van der Waals surface area contributed by atoms with Crippen LogP contribution in [0.2, 0.25) is 0 Å². The standard InChI is InChI=1S/C29H27N3O3/c33-28(14-13-27-31-25-4-2-1-3-24(25)29(34)32(27)23-10-11-23)30-18-19-5-7-20(8-6-19)21-9-12-26-22(17-21)15-16-35-26/h1-9,12,17,23H,10-11,13-16,18H2,(H,30,33). The van der Waals surface area contributed by atoms with Crippen LogP contribution in [0.3, 0.4) is 0 Å². The van der Waals surface area contributed by atoms with Crippen LogP contribution < -0.4 is 15.6 Å². The third-order valence-electron chi connectivity index (χ3n) is 6.83. The maximum atomic E-state index is 13.0. The first-order valence-electron chi connectivity index (χ1n) is 12.3. The number of amides is 1. The van der Waals surface area contributed by atoms with Gasteiger partial charge in [-0.3, -0.25) is 14.2 Å². The fourth-order valence-electron chi connectivity index (χ4n) is 4.77. The minimum atomic E-state index is -0.0440. The van der Waals surface area contributed by atoms with Gasteiger partial charge in [-0.05, 0) is 59.4 Å². The highest BCUT2D eigenvalue weighted by atomic mass is 16.5. The zero-order valence-corrected chi connectivity index (χ0v) is 19.5. The molecule has 1 aliphatic heterocycles. The highest BCUT2D eigenvalue weighted by Crippen LogP contribution is 2.35. The summed E-state index contributed by atoms with van der Waals surface area (Å²) >= 11 is 0. The van der Waals surface area contributed by atoms with Crippen LogP contribution in [0.4, 0.5) is 0 Å². The normalized spacial score (nSPS) is 14.5. The van der Waals surface area contributed by atoms with Crippen molar-refractivity contribution < 1.29 is 9.53 Å². The molecule has 1 aliphatic carbocycles. The van der Waals surface area contributed by atoms with Gasteiger partial charge in [0.2, 0.25) is 5.91 Å². The van der Waals surface area contributed by atoms with E-state index in [-0.39, 0.29) is 17.5 Å². The molecule has 1 saturated carbocycles. The van der Waals surface area contributed by atoms with E-state index in [1.165, 1.54) is 11.1 Å². The average Bonchev–Trinajstić information content (AvgIpc) is 3.61. The highest BCUT2D eigenvalue weighted by Gasteiger charge is 2.28. The molecule has 1 fully saturated rings. The Labute approximate surface area is 203 Å². The van der Waals surface area contributed by atoms with Crippen LogP contribution in [0.15, 0.2) is 71.5 Å². The summed E-state index contributed by atoms with van der Waals surface area (Å²) in [6, 6.07) is 22.3. The summed E-state index contributed by atoms with van der Waals surface area (Å²) in [6.45, 7) is 1.23. The molecule has 2 aliphatic rings. The topological polar surface area (TPSA) is 73.2 Å². The SMILES string of the molecule is O=C(CCc1nc2ccccc2c(=O)n1C1CC1)NCc1ccc(-c2ccc3c(c2)CCO3)cc1. The summed E-state index contributed by atoms with van der Waals surface area (Å²) in [6.07, 6.45) is 3.69. The van der Waals surface area contributed by atoms with Crippen molar-refractivity contribution in [1.29, 1.82) is 0 Å². The number of ether oxygens (including phenoxy) is 1. The van der Waals surface area contributed by atoms with Gasteiger partial charge in [-0.25, -0.2) is 4.98 Å². The number of hydrogen-bond acceptors (Lipinski definition) is 4. The molecular weight excluding hydrogens is 438 g/mol. The van der Waals surface area contributed by atoms with Gasteiger partial charge in [-0.2, -0.15) is 0 Å². The van der Waals surface area contributed by atoms with Crippen molar-refractivity contribution in [2.75, 3.05) is 6.61 Å². The molecule has 2 heterocycles. The fraction of sp³-hybridized carbons (Fsp3) is 0.276. The van der Waals surface area contributed by atoms with Gasteiger partial charge in [0.25, 0.3) is 5.56 Å². The van der Waals surface area contributed by atoms with Crippen molar-refractivity contribution in [3.05, 3.63) is 94.0 Å². The molecule has 1 N–H and O–H groups in total. The van der Waals surface area contributed by atoms with Crippen LogP contribution in [0, 0.1) is 0 Å². The van der Waals surface area contributed by atoms with Crippen molar-refractivity contribution in [3.63, 3.8) is 0 Å². The number of para-hydroxylation sites is 1. The molecule has 3 aromatic carbocycles. The summed E-state index contributed by atoms with van der Waals surface area (Å²) < 4.78 is 7.40. The first-order valence-corrected chi connectivity index (χ1v) is 12.3. The molecule has 6 heteroatoms. The second-order valence-corrected chi connectivity index (χ2v) is 9.35. The molecule has 0 spiro atoms. The molecule has 0 bridgehead atoms. The van der Waals surface area contributed by atoms with Crippen molar-refractivity contribution in [1.82, 2.24) is 14.9 Å². The Hall–Kier alpha value is -3.93. The third-order valence-corrected chi connectivity index (χ3v) is 6.83. The molecule has 0 saturated heterocycles. The summed E-state index contributed by atoms with van der Waals surface area (Å²) in [4.78, 5) is 30.3. The van der Waals surface area contributed by atoms with Gasteiger partial charge in [0, 0.05) is 31.8 Å². The number of aryl methyl sites for hydroxylation is 1. The zero-order chi connectivity index (χ0) is 23.8. The van der Waals surface area contributed by atoms with Gasteiger partial charge in [0.1, 0.15) is 11.6 Å². The minimum absolute atomic E-state index is 0.00416. The van der Waals surface area contributed by atoms with Gasteiger partial charge in [-0.15, -0.1) is 0 Å². The van der Waals surface area contributed by atoms with Gasteiger partial charge in [0.05, 0.1) is 17.5 Å². The lowest BCUT2D eigenvalue weighted by Gasteiger charge is -2.13. The highest BCUT2D eigenvalue weighted by molar-refractivity contribution is 5.78. The quantitative estimate of drug-likeness (QED) is 0.434. The van der Waals surface area contributed by atoms with E-state index in [1.807, 2.05) is 30.3 Å². The Morgan fingerprint density at radius 1 is 1.03 bits per heavy atom. The lowest BCUT2D eigenvalue weighted by molar-refractivity contribution is -0.121. The van der Waals surface area contributed by atoms with E-state index in [1.54, 1.807) is 4.57 Å². The molecule has 6 nitrogen and oxygen atoms in total. The molecule has 0 atom stereocenters. The first-order chi connectivity index (χ1) is 17.2. The summed E-state index contributed by atoms with van der Waals surface area (Å²) in [5.74, 6) is 1.65. The summed E-state index contributed by atoms with van der Waals surface area (Å²) in [7, 11) is 0. The van der Waals surface area contributed by atoms with Gasteiger partial charge in [-0.1, -0.05) is 42.5 Å². The molecule has 4 aromatic rings. The summed E-state index contributed by atoms with van der Waals surface area (Å²) in [5.41, 5.74) is 5.33. The Balaban J connectivity index is 1.09. The fourth-order valence-corrected chi connectivity index (χ4v) is 4.77. The lowest BCUT2D eigenvalue weighted by Crippen LogP contribution is -2.27. The smallest absolute Gasteiger partial charge is 0.261 e. The second kappa shape index (κ2) is 9.02. The number of fused-ring (bicyclic) bond motifs is 2. The Morgan fingerprint density at radius 2 is 1.83 bits per heavy atom. The Kier molecular flexibility index (Phi) is 5.57. The second-order valence-electron chi connectivity index (χ2n) is 9.35. The first kappa shape index (κ1) is 21.6. The molecular formula is C29H27N3O3. The van der Waals surface area contributed by atoms with Crippen LogP contribution in [-0.4, -0.2) is 22.1 Å². The van der Waals surface area contributed by atoms with Crippen LogP contribution in [0.5, 0.6) is 5.75 Å². The number of aromatic nitrogens is 2. The summed E-state index contributed by atoms with van der Waals surface area (Å²) in [5, 5.41) is 3.65. The molecule has 35 heavy (non-hydrogen) atoms. The van der Waals surface area contributed by atoms with Crippen molar-refractivity contribution >= 4 is 16.8 Å². The Bertz CT molecular complexity index is 1470. The van der Waals surface area contributed by atoms with Crippen LogP contribution in [-0.2, 0) is 24.2 Å². The van der Waals surface area contributed by atoms with E-state index < -0.39 is 0 Å². The van der Waals surface area contributed by atoms with E-state index >= 15 is 0 Å². The predicted octanol–water partition coefficient (Wildman–Crippen LogP) is 4.58. The van der Waals surface area contributed by atoms with Crippen LogP contribution in [0.25, 0.3) is 22.0 Å². The van der Waals surface area contributed by atoms with Crippen LogP contribution >= 0.6 is 0 Å². The number of nitrogens with zero attached hydrogens (tertiary/aromatic N) is 2. The minimum Gasteiger partial charge on any atom is -0.493 e. The molecule has 176 valence electrons. The van der Waals surface area contributed by atoms with E-state index in [4.69, 9.17) is 9.72 Å². The number of rotatable bonds is 7. The van der Waals surface area contributed by atoms with E-state index in [2.05, 4.69) is 41.7 Å². The molecule has 0 radical (unpaired) electrons. The van der Waals surface area contributed by atoms with Gasteiger partial charge >= 0.3 is 0 Å². The Morgan fingerprint density at radius 3 is 2.66 bits per heavy atom. The third kappa shape index (κ3) is 4.44. The average molecular weight is 466 g/mol. The van der Waals surface area contributed by atoms with E-state index in [0.29, 0.717) is 36.1 Å². The maximum absolute atomic E-state index is 13.0. The predicted molar refractivity (Wildman–Crippen MR) is 136 cm³/mol. The number of hydrogen-bond donors (Lipinski definition) is 1. The lowest BCUT2D eigenvalue weighted by atomic mass is 10.0. The van der Waals surface area contributed by atoms with Gasteiger partial charge in [0.15, 0.2) is 0 Å². The largest absolute Gasteiger partial charge is 0.493 e. The van der Waals surface area contributed by atoms with Crippen molar-refractivity contribution in [2.24, 2.45) is 0 Å². The number of nitrogens with one attached hydrogen (secondary N) is 1. The van der Waals surface area contributed by atoms with E-state index in [0.717, 1.165) is 42.7 Å². The molecule has 1 amide bonds. The number of benzene rings is 3. The van der Waals surface area contributed by atoms with E-state index in [9.17, 15) is 9.59 Å². The van der Waals surface area contributed by atoms with Crippen molar-refractivity contribution in [2.45, 2.75) is 44.7 Å². The number of carbonyl (C=O) groups is 1. The number of carbonyl (C=O) groups excluding carboxylic acids is 1. The van der Waals surface area contributed by atoms with Crippen molar-refractivity contribution in [3.8, 4) is 16.9 Å². The maximum Gasteiger partial charge on any atom is 0.261 e. The molecule has 6 rings (SSSR count). The van der Waals surface area contributed by atoms with Crippen LogP contribution in [0.1, 0.15) is 42.3 Å². The molecule has 0 unspecified atom stereocenters. The zero-order valence-electron chi connectivity index (χ0n) is 19.5.